The van der Waals surface area contributed by atoms with Crippen LogP contribution in [0.1, 0.15) is 10.4 Å². The maximum absolute atomic E-state index is 12.1. The molecule has 0 aliphatic carbocycles. The zero-order valence-electron chi connectivity index (χ0n) is 14.0. The van der Waals surface area contributed by atoms with Crippen molar-refractivity contribution < 1.29 is 32.2 Å². The number of anilines is 1. The summed E-state index contributed by atoms with van der Waals surface area (Å²) in [5.74, 6) is 0.330. The zero-order valence-corrected chi connectivity index (χ0v) is 14.0. The van der Waals surface area contributed by atoms with Gasteiger partial charge in [-0.25, -0.2) is 0 Å². The highest BCUT2D eigenvalue weighted by Gasteiger charge is 2.30. The molecule has 1 N–H and O–H groups in total. The van der Waals surface area contributed by atoms with Crippen LogP contribution in [0.25, 0.3) is 0 Å². The Morgan fingerprint density at radius 3 is 2.23 bits per heavy atom. The summed E-state index contributed by atoms with van der Waals surface area (Å²) >= 11 is 0. The van der Waals surface area contributed by atoms with Gasteiger partial charge in [0.05, 0.1) is 14.2 Å². The first-order valence-electron chi connectivity index (χ1n) is 7.37. The van der Waals surface area contributed by atoms with Gasteiger partial charge in [-0.05, 0) is 42.5 Å². The molecular weight excluding hydrogens is 351 g/mol. The quantitative estimate of drug-likeness (QED) is 0.580. The second kappa shape index (κ2) is 8.28. The van der Waals surface area contributed by atoms with Gasteiger partial charge >= 0.3 is 6.36 Å². The molecule has 0 spiro atoms. The van der Waals surface area contributed by atoms with E-state index in [1.807, 2.05) is 0 Å². The predicted molar refractivity (Wildman–Crippen MR) is 89.8 cm³/mol. The van der Waals surface area contributed by atoms with Crippen molar-refractivity contribution in [3.8, 4) is 17.2 Å². The van der Waals surface area contributed by atoms with E-state index in [-0.39, 0.29) is 11.5 Å². The number of allylic oxidation sites excluding steroid dienone is 1. The average molecular weight is 367 g/mol. The van der Waals surface area contributed by atoms with Crippen LogP contribution in [0.5, 0.6) is 17.2 Å². The number of carbonyl (C=O) groups is 1. The van der Waals surface area contributed by atoms with Gasteiger partial charge in [0.1, 0.15) is 5.75 Å². The number of ether oxygens (including phenoxy) is 3. The molecule has 5 nitrogen and oxygen atoms in total. The molecule has 0 bridgehead atoms. The number of nitrogens with one attached hydrogen (secondary N) is 1. The largest absolute Gasteiger partial charge is 0.573 e. The first-order valence-corrected chi connectivity index (χ1v) is 7.37. The van der Waals surface area contributed by atoms with Crippen molar-refractivity contribution in [2.75, 3.05) is 19.5 Å². The second-order valence-corrected chi connectivity index (χ2v) is 4.98. The Kier molecular flexibility index (Phi) is 6.11. The van der Waals surface area contributed by atoms with Crippen LogP contribution < -0.4 is 19.5 Å². The van der Waals surface area contributed by atoms with Crippen LogP contribution in [0, 0.1) is 0 Å². The van der Waals surface area contributed by atoms with Crippen molar-refractivity contribution in [3.63, 3.8) is 0 Å². The van der Waals surface area contributed by atoms with E-state index >= 15 is 0 Å². The lowest BCUT2D eigenvalue weighted by Gasteiger charge is -2.09. The predicted octanol–water partition coefficient (Wildman–Crippen LogP) is 4.41. The van der Waals surface area contributed by atoms with Crippen LogP contribution in [0.3, 0.4) is 0 Å². The summed E-state index contributed by atoms with van der Waals surface area (Å²) < 4.78 is 50.3. The van der Waals surface area contributed by atoms with Crippen molar-refractivity contribution in [1.82, 2.24) is 0 Å². The zero-order chi connectivity index (χ0) is 19.2. The average Bonchev–Trinajstić information content (AvgIpc) is 2.61. The van der Waals surface area contributed by atoms with E-state index in [9.17, 15) is 18.0 Å². The molecule has 2 rings (SSSR count). The van der Waals surface area contributed by atoms with Gasteiger partial charge in [0.25, 0.3) is 0 Å². The van der Waals surface area contributed by atoms with E-state index < -0.39 is 6.36 Å². The number of methoxy groups -OCH3 is 2. The molecule has 0 amide bonds. The Morgan fingerprint density at radius 2 is 1.65 bits per heavy atom. The van der Waals surface area contributed by atoms with Crippen LogP contribution in [0.4, 0.5) is 18.9 Å². The number of benzene rings is 2. The van der Waals surface area contributed by atoms with Gasteiger partial charge in [0, 0.05) is 23.5 Å². The van der Waals surface area contributed by atoms with Gasteiger partial charge in [-0.1, -0.05) is 0 Å². The maximum atomic E-state index is 12.1. The molecule has 0 fully saturated rings. The third-order valence-electron chi connectivity index (χ3n) is 3.24. The van der Waals surface area contributed by atoms with Crippen molar-refractivity contribution in [3.05, 3.63) is 60.3 Å². The molecule has 0 heterocycles. The Balaban J connectivity index is 1.98. The molecule has 0 saturated heterocycles. The van der Waals surface area contributed by atoms with Crippen molar-refractivity contribution in [1.29, 1.82) is 0 Å². The molecule has 0 unspecified atom stereocenters. The molecule has 2 aromatic carbocycles. The Morgan fingerprint density at radius 1 is 1.00 bits per heavy atom. The summed E-state index contributed by atoms with van der Waals surface area (Å²) in [5, 5.41) is 2.79. The van der Waals surface area contributed by atoms with Crippen molar-refractivity contribution in [2.45, 2.75) is 6.36 Å². The summed E-state index contributed by atoms with van der Waals surface area (Å²) in [6.45, 7) is 0. The maximum Gasteiger partial charge on any atom is 0.573 e. The number of hydrogen-bond acceptors (Lipinski definition) is 5. The fraction of sp³-hybridized carbons (Fsp3) is 0.167. The molecule has 0 radical (unpaired) electrons. The van der Waals surface area contributed by atoms with E-state index in [2.05, 4.69) is 10.1 Å². The number of halogens is 3. The van der Waals surface area contributed by atoms with Gasteiger partial charge in [-0.15, -0.1) is 13.2 Å². The summed E-state index contributed by atoms with van der Waals surface area (Å²) in [7, 11) is 2.96. The minimum Gasteiger partial charge on any atom is -0.493 e. The summed E-state index contributed by atoms with van der Waals surface area (Å²) in [4.78, 5) is 12.1. The highest BCUT2D eigenvalue weighted by molar-refractivity contribution is 6.05. The minimum absolute atomic E-state index is 0.282. The third-order valence-corrected chi connectivity index (χ3v) is 3.24. The van der Waals surface area contributed by atoms with E-state index in [0.717, 1.165) is 0 Å². The van der Waals surface area contributed by atoms with Gasteiger partial charge in [-0.3, -0.25) is 4.79 Å². The summed E-state index contributed by atoms with van der Waals surface area (Å²) in [6, 6.07) is 9.89. The van der Waals surface area contributed by atoms with Crippen molar-refractivity contribution >= 4 is 11.5 Å². The number of hydrogen-bond donors (Lipinski definition) is 1. The number of carbonyl (C=O) groups excluding carboxylic acids is 1. The summed E-state index contributed by atoms with van der Waals surface area (Å²) in [5.41, 5.74) is 0.894. The number of alkyl halides is 3. The molecule has 138 valence electrons. The van der Waals surface area contributed by atoms with Crippen LogP contribution in [-0.4, -0.2) is 26.4 Å². The highest BCUT2D eigenvalue weighted by atomic mass is 19.4. The van der Waals surface area contributed by atoms with Crippen LogP contribution in [-0.2, 0) is 0 Å². The first-order chi connectivity index (χ1) is 12.3. The van der Waals surface area contributed by atoms with E-state index in [1.54, 1.807) is 18.2 Å². The normalized spacial score (nSPS) is 11.3. The molecule has 26 heavy (non-hydrogen) atoms. The van der Waals surface area contributed by atoms with E-state index in [0.29, 0.717) is 22.7 Å². The van der Waals surface area contributed by atoms with Crippen LogP contribution in [0.15, 0.2) is 54.7 Å². The molecule has 0 aromatic heterocycles. The topological polar surface area (TPSA) is 56.8 Å². The fourth-order valence-corrected chi connectivity index (χ4v) is 2.05. The van der Waals surface area contributed by atoms with Gasteiger partial charge in [-0.2, -0.15) is 0 Å². The van der Waals surface area contributed by atoms with E-state index in [4.69, 9.17) is 9.47 Å². The first kappa shape index (κ1) is 19.2. The van der Waals surface area contributed by atoms with Crippen LogP contribution >= 0.6 is 0 Å². The highest BCUT2D eigenvalue weighted by Crippen LogP contribution is 2.28. The molecule has 0 aliphatic rings. The lowest BCUT2D eigenvalue weighted by atomic mass is 10.1. The van der Waals surface area contributed by atoms with Crippen molar-refractivity contribution in [2.24, 2.45) is 0 Å². The smallest absolute Gasteiger partial charge is 0.493 e. The van der Waals surface area contributed by atoms with Crippen LogP contribution in [0.2, 0.25) is 0 Å². The Hall–Kier alpha value is -3.16. The minimum atomic E-state index is -4.74. The van der Waals surface area contributed by atoms with Gasteiger partial charge < -0.3 is 19.5 Å². The second-order valence-electron chi connectivity index (χ2n) is 4.98. The molecule has 0 atom stereocenters. The lowest BCUT2D eigenvalue weighted by molar-refractivity contribution is -0.274. The SMILES string of the molecule is COc1ccc(C(=O)/C=C/Nc2ccc(OC(F)(F)F)cc2)cc1OC. The molecule has 0 saturated carbocycles. The Bertz CT molecular complexity index is 786. The molecular formula is C18H16F3NO4. The van der Waals surface area contributed by atoms with Gasteiger partial charge in [0.15, 0.2) is 17.3 Å². The standard InChI is InChI=1S/C18H16F3NO4/c1-24-16-8-3-12(11-17(16)25-2)15(23)9-10-22-13-4-6-14(7-5-13)26-18(19,20)21/h3-11,22H,1-2H3/b10-9+. The molecule has 2 aromatic rings. The molecule has 0 aliphatic heterocycles. The number of ketones is 1. The van der Waals surface area contributed by atoms with Gasteiger partial charge in [0.2, 0.25) is 0 Å². The Labute approximate surface area is 148 Å². The fourth-order valence-electron chi connectivity index (χ4n) is 2.05. The summed E-state index contributed by atoms with van der Waals surface area (Å²) in [6.07, 6.45) is -2.05. The number of rotatable bonds is 7. The molecule has 8 heteroatoms. The van der Waals surface area contributed by atoms with E-state index in [1.165, 1.54) is 50.8 Å². The lowest BCUT2D eigenvalue weighted by Crippen LogP contribution is -2.16. The third kappa shape index (κ3) is 5.44. The monoisotopic (exact) mass is 367 g/mol.